The third kappa shape index (κ3) is 4.34. The van der Waals surface area contributed by atoms with Gasteiger partial charge in [-0.25, -0.2) is 0 Å². The van der Waals surface area contributed by atoms with Crippen LogP contribution in [0.25, 0.3) is 0 Å². The summed E-state index contributed by atoms with van der Waals surface area (Å²) >= 11 is 0. The number of hydrogen-bond acceptors (Lipinski definition) is 3. The number of nitrogens with zero attached hydrogens (tertiary/aromatic N) is 2. The zero-order valence-corrected chi connectivity index (χ0v) is 12.5. The van der Waals surface area contributed by atoms with Crippen molar-refractivity contribution in [3.8, 4) is 0 Å². The van der Waals surface area contributed by atoms with Crippen LogP contribution in [-0.2, 0) is 6.42 Å². The van der Waals surface area contributed by atoms with Crippen molar-refractivity contribution in [1.82, 2.24) is 4.90 Å². The third-order valence-corrected chi connectivity index (χ3v) is 4.23. The predicted molar refractivity (Wildman–Crippen MR) is 83.4 cm³/mol. The predicted octanol–water partition coefficient (Wildman–Crippen LogP) is 3.57. The van der Waals surface area contributed by atoms with Crippen molar-refractivity contribution in [2.45, 2.75) is 39.0 Å². The number of benzene rings is 1. The average Bonchev–Trinajstić information content (AvgIpc) is 2.52. The van der Waals surface area contributed by atoms with E-state index in [1.807, 2.05) is 0 Å². The van der Waals surface area contributed by atoms with Crippen molar-refractivity contribution in [1.29, 1.82) is 0 Å². The molecule has 0 saturated carbocycles. The van der Waals surface area contributed by atoms with Crippen LogP contribution in [0.1, 0.15) is 38.2 Å². The summed E-state index contributed by atoms with van der Waals surface area (Å²) in [5.41, 5.74) is 2.41. The maximum atomic E-state index is 9.12. The van der Waals surface area contributed by atoms with Crippen LogP contribution in [0.3, 0.4) is 0 Å². The lowest BCUT2D eigenvalue weighted by Gasteiger charge is -2.33. The molecular formula is C17H26N2O. The molecule has 1 aliphatic heterocycles. The molecule has 110 valence electrons. The average molecular weight is 274 g/mol. The van der Waals surface area contributed by atoms with Crippen molar-refractivity contribution < 1.29 is 5.21 Å². The molecule has 0 amide bonds. The molecule has 1 aromatic carbocycles. The Kier molecular flexibility index (Phi) is 6.06. The van der Waals surface area contributed by atoms with Gasteiger partial charge in [-0.1, -0.05) is 55.3 Å². The van der Waals surface area contributed by atoms with Gasteiger partial charge in [0, 0.05) is 32.0 Å². The van der Waals surface area contributed by atoms with Gasteiger partial charge in [-0.3, -0.25) is 0 Å². The number of piperidine rings is 1. The van der Waals surface area contributed by atoms with Gasteiger partial charge in [-0.15, -0.1) is 0 Å². The summed E-state index contributed by atoms with van der Waals surface area (Å²) < 4.78 is 0. The molecule has 1 heterocycles. The number of hydrogen-bond donors (Lipinski definition) is 1. The molecule has 1 saturated heterocycles. The molecule has 3 heteroatoms. The van der Waals surface area contributed by atoms with Crippen molar-refractivity contribution >= 4 is 5.71 Å². The maximum absolute atomic E-state index is 9.12. The molecule has 1 aliphatic rings. The van der Waals surface area contributed by atoms with Gasteiger partial charge in [0.2, 0.25) is 0 Å². The van der Waals surface area contributed by atoms with Gasteiger partial charge >= 0.3 is 0 Å². The Balaban J connectivity index is 1.84. The Morgan fingerprint density at radius 3 is 2.80 bits per heavy atom. The van der Waals surface area contributed by atoms with Gasteiger partial charge < -0.3 is 10.1 Å². The largest absolute Gasteiger partial charge is 0.411 e. The lowest BCUT2D eigenvalue weighted by Crippen LogP contribution is -2.41. The molecule has 0 bridgehead atoms. The molecule has 1 N–H and O–H groups in total. The van der Waals surface area contributed by atoms with E-state index in [-0.39, 0.29) is 0 Å². The smallest absolute Gasteiger partial charge is 0.0627 e. The van der Waals surface area contributed by atoms with Crippen molar-refractivity contribution in [2.24, 2.45) is 11.1 Å². The highest BCUT2D eigenvalue weighted by Crippen LogP contribution is 2.20. The molecule has 1 fully saturated rings. The topological polar surface area (TPSA) is 35.8 Å². The first-order valence-electron chi connectivity index (χ1n) is 7.80. The molecule has 2 rings (SSSR count). The Morgan fingerprint density at radius 1 is 1.30 bits per heavy atom. The first-order valence-corrected chi connectivity index (χ1v) is 7.80. The van der Waals surface area contributed by atoms with Crippen molar-refractivity contribution in [2.75, 3.05) is 19.6 Å². The first kappa shape index (κ1) is 15.0. The molecule has 0 spiro atoms. The van der Waals surface area contributed by atoms with E-state index in [2.05, 4.69) is 47.3 Å². The zero-order chi connectivity index (χ0) is 14.2. The minimum absolute atomic E-state index is 0.449. The van der Waals surface area contributed by atoms with Gasteiger partial charge in [0.1, 0.15) is 0 Å². The second kappa shape index (κ2) is 8.05. The Morgan fingerprint density at radius 2 is 2.10 bits per heavy atom. The monoisotopic (exact) mass is 274 g/mol. The Bertz CT molecular complexity index is 416. The summed E-state index contributed by atoms with van der Waals surface area (Å²) in [7, 11) is 0. The van der Waals surface area contributed by atoms with Crippen LogP contribution >= 0.6 is 0 Å². The second-order valence-corrected chi connectivity index (χ2v) is 5.72. The fourth-order valence-corrected chi connectivity index (χ4v) is 2.96. The number of likely N-dealkylation sites (tertiary alicyclic amines) is 1. The summed E-state index contributed by atoms with van der Waals surface area (Å²) in [4.78, 5) is 2.52. The fraction of sp³-hybridized carbons (Fsp3) is 0.588. The van der Waals surface area contributed by atoms with Gasteiger partial charge in [-0.05, 0) is 18.4 Å². The van der Waals surface area contributed by atoms with Crippen LogP contribution in [0.4, 0.5) is 0 Å². The molecule has 3 nitrogen and oxygen atoms in total. The molecular weight excluding hydrogens is 248 g/mol. The van der Waals surface area contributed by atoms with E-state index in [0.29, 0.717) is 5.92 Å². The summed E-state index contributed by atoms with van der Waals surface area (Å²) in [6.45, 7) is 5.39. The second-order valence-electron chi connectivity index (χ2n) is 5.72. The van der Waals surface area contributed by atoms with Gasteiger partial charge in [0.15, 0.2) is 0 Å². The third-order valence-electron chi connectivity index (χ3n) is 4.23. The van der Waals surface area contributed by atoms with Crippen LogP contribution in [0.5, 0.6) is 0 Å². The van der Waals surface area contributed by atoms with Crippen LogP contribution in [0.2, 0.25) is 0 Å². The SMILES string of the molecule is CCCC[C@@H]1CN(CCc2ccccc2)CC/C1=N\O. The standard InChI is InChI=1S/C17H26N2O/c1-2-3-9-16-14-19(13-11-17(16)18-20)12-10-15-7-5-4-6-8-15/h4-8,16,20H,2-3,9-14H2,1H3/b18-17+/t16-/m1/s1. The summed E-state index contributed by atoms with van der Waals surface area (Å²) in [6.07, 6.45) is 5.60. The number of rotatable bonds is 6. The van der Waals surface area contributed by atoms with Crippen LogP contribution in [0.15, 0.2) is 35.5 Å². The zero-order valence-electron chi connectivity index (χ0n) is 12.5. The molecule has 0 unspecified atom stereocenters. The quantitative estimate of drug-likeness (QED) is 0.636. The summed E-state index contributed by atoms with van der Waals surface area (Å²) in [5.74, 6) is 0.449. The minimum atomic E-state index is 0.449. The van der Waals surface area contributed by atoms with Gasteiger partial charge in [-0.2, -0.15) is 0 Å². The Hall–Kier alpha value is -1.35. The van der Waals surface area contributed by atoms with Crippen LogP contribution in [-0.4, -0.2) is 35.5 Å². The number of unbranched alkanes of at least 4 members (excludes halogenated alkanes) is 1. The highest BCUT2D eigenvalue weighted by atomic mass is 16.4. The fourth-order valence-electron chi connectivity index (χ4n) is 2.96. The molecule has 20 heavy (non-hydrogen) atoms. The number of oxime groups is 1. The van der Waals surface area contributed by atoms with Gasteiger partial charge in [0.25, 0.3) is 0 Å². The molecule has 1 aromatic rings. The van der Waals surface area contributed by atoms with E-state index < -0.39 is 0 Å². The normalized spacial score (nSPS) is 22.2. The van der Waals surface area contributed by atoms with E-state index in [4.69, 9.17) is 5.21 Å². The van der Waals surface area contributed by atoms with Crippen LogP contribution in [0, 0.1) is 5.92 Å². The highest BCUT2D eigenvalue weighted by Gasteiger charge is 2.25. The van der Waals surface area contributed by atoms with E-state index in [1.54, 1.807) is 0 Å². The Labute approximate surface area is 122 Å². The van der Waals surface area contributed by atoms with E-state index in [1.165, 1.54) is 18.4 Å². The minimum Gasteiger partial charge on any atom is -0.411 e. The molecule has 0 aliphatic carbocycles. The van der Waals surface area contributed by atoms with E-state index in [0.717, 1.165) is 44.6 Å². The molecule has 1 atom stereocenters. The maximum Gasteiger partial charge on any atom is 0.0627 e. The van der Waals surface area contributed by atoms with E-state index in [9.17, 15) is 0 Å². The van der Waals surface area contributed by atoms with Crippen LogP contribution < -0.4 is 0 Å². The first-order chi connectivity index (χ1) is 9.83. The van der Waals surface area contributed by atoms with Crippen molar-refractivity contribution in [3.63, 3.8) is 0 Å². The summed E-state index contributed by atoms with van der Waals surface area (Å²) in [5, 5.41) is 12.6. The lowest BCUT2D eigenvalue weighted by atomic mass is 9.90. The lowest BCUT2D eigenvalue weighted by molar-refractivity contribution is 0.226. The molecule has 0 radical (unpaired) electrons. The van der Waals surface area contributed by atoms with Crippen molar-refractivity contribution in [3.05, 3.63) is 35.9 Å². The highest BCUT2D eigenvalue weighted by molar-refractivity contribution is 5.87. The van der Waals surface area contributed by atoms with E-state index >= 15 is 0 Å². The molecule has 0 aromatic heterocycles. The van der Waals surface area contributed by atoms with Gasteiger partial charge in [0.05, 0.1) is 5.71 Å². The summed E-state index contributed by atoms with van der Waals surface area (Å²) in [6, 6.07) is 10.7.